The van der Waals surface area contributed by atoms with Crippen LogP contribution in [0.25, 0.3) is 17.5 Å². The van der Waals surface area contributed by atoms with Gasteiger partial charge in [-0.15, -0.1) is 0 Å². The lowest BCUT2D eigenvalue weighted by Gasteiger charge is -2.30. The molecule has 2 heterocycles. The number of likely N-dealkylation sites (tertiary alicyclic amines) is 1. The molecule has 0 saturated carbocycles. The highest BCUT2D eigenvalue weighted by Gasteiger charge is 2.28. The van der Waals surface area contributed by atoms with E-state index >= 15 is 0 Å². The normalized spacial score (nSPS) is 16.1. The molecule has 0 aliphatic carbocycles. The summed E-state index contributed by atoms with van der Waals surface area (Å²) in [7, 11) is 1.62. The molecule has 1 aromatic heterocycles. The monoisotopic (exact) mass is 446 g/mol. The van der Waals surface area contributed by atoms with Crippen molar-refractivity contribution in [1.82, 2.24) is 15.0 Å². The summed E-state index contributed by atoms with van der Waals surface area (Å²) in [6.45, 7) is 2.70. The molecule has 0 unspecified atom stereocenters. The summed E-state index contributed by atoms with van der Waals surface area (Å²) in [5, 5.41) is 6.84. The first kappa shape index (κ1) is 22.3. The molecule has 8 heteroatoms. The smallest absolute Gasteiger partial charge is 0.246 e. The number of hydrogen-bond donors (Lipinski definition) is 1. The molecular formula is C25H26N4O4. The maximum atomic E-state index is 12.7. The number of rotatable bonds is 6. The van der Waals surface area contributed by atoms with Gasteiger partial charge in [0.2, 0.25) is 23.5 Å². The van der Waals surface area contributed by atoms with E-state index in [0.29, 0.717) is 30.5 Å². The van der Waals surface area contributed by atoms with Gasteiger partial charge < -0.3 is 19.5 Å². The molecule has 4 rings (SSSR count). The Bertz CT molecular complexity index is 1140. The van der Waals surface area contributed by atoms with Crippen LogP contribution in [0.15, 0.2) is 59.1 Å². The number of nitrogens with zero attached hydrogens (tertiary/aromatic N) is 3. The molecule has 1 fully saturated rings. The van der Waals surface area contributed by atoms with Gasteiger partial charge in [-0.3, -0.25) is 9.59 Å². The largest absolute Gasteiger partial charge is 0.497 e. The molecule has 33 heavy (non-hydrogen) atoms. The summed E-state index contributed by atoms with van der Waals surface area (Å²) in [5.74, 6) is 1.63. The molecule has 0 bridgehead atoms. The first-order valence-corrected chi connectivity index (χ1v) is 10.8. The van der Waals surface area contributed by atoms with Crippen LogP contribution >= 0.6 is 0 Å². The first-order chi connectivity index (χ1) is 16.0. The number of methoxy groups -OCH3 is 1. The number of nitrogens with one attached hydrogen (secondary N) is 1. The number of benzene rings is 2. The third-order valence-corrected chi connectivity index (χ3v) is 5.52. The minimum Gasteiger partial charge on any atom is -0.497 e. The molecule has 0 radical (unpaired) electrons. The SMILES string of the molecule is COc1ccc(/C=C/C(=O)N2CCC[C@H](c3nc(-c4ccc(NC(C)=O)cc4)no3)C2)cc1. The highest BCUT2D eigenvalue weighted by atomic mass is 16.5. The van der Waals surface area contributed by atoms with E-state index in [1.807, 2.05) is 41.3 Å². The van der Waals surface area contributed by atoms with Crippen LogP contribution in [0.4, 0.5) is 5.69 Å². The van der Waals surface area contributed by atoms with Gasteiger partial charge in [0.1, 0.15) is 5.75 Å². The third kappa shape index (κ3) is 5.65. The number of hydrogen-bond acceptors (Lipinski definition) is 6. The Hall–Kier alpha value is -3.94. The van der Waals surface area contributed by atoms with E-state index in [-0.39, 0.29) is 17.7 Å². The fraction of sp³-hybridized carbons (Fsp3) is 0.280. The average molecular weight is 447 g/mol. The summed E-state index contributed by atoms with van der Waals surface area (Å²) >= 11 is 0. The fourth-order valence-corrected chi connectivity index (χ4v) is 3.79. The van der Waals surface area contributed by atoms with Gasteiger partial charge in [-0.05, 0) is 60.9 Å². The third-order valence-electron chi connectivity index (χ3n) is 5.52. The second-order valence-electron chi connectivity index (χ2n) is 7.94. The average Bonchev–Trinajstić information content (AvgIpc) is 3.33. The van der Waals surface area contributed by atoms with Crippen molar-refractivity contribution in [2.24, 2.45) is 0 Å². The number of aromatic nitrogens is 2. The minimum atomic E-state index is -0.125. The zero-order valence-corrected chi connectivity index (χ0v) is 18.7. The molecule has 3 aromatic rings. The van der Waals surface area contributed by atoms with Gasteiger partial charge in [-0.25, -0.2) is 0 Å². The number of ether oxygens (including phenoxy) is 1. The van der Waals surface area contributed by atoms with Crippen LogP contribution in [0.3, 0.4) is 0 Å². The summed E-state index contributed by atoms with van der Waals surface area (Å²) < 4.78 is 10.7. The van der Waals surface area contributed by atoms with Gasteiger partial charge in [-0.2, -0.15) is 4.98 Å². The second kappa shape index (κ2) is 10.1. The van der Waals surface area contributed by atoms with E-state index in [0.717, 1.165) is 29.7 Å². The van der Waals surface area contributed by atoms with Crippen LogP contribution in [0, 0.1) is 0 Å². The molecular weight excluding hydrogens is 420 g/mol. The van der Waals surface area contributed by atoms with E-state index in [9.17, 15) is 9.59 Å². The summed E-state index contributed by atoms with van der Waals surface area (Å²) in [6.07, 6.45) is 5.16. The lowest BCUT2D eigenvalue weighted by Crippen LogP contribution is -2.38. The van der Waals surface area contributed by atoms with Gasteiger partial charge in [0.15, 0.2) is 0 Å². The topological polar surface area (TPSA) is 97.6 Å². The Labute approximate surface area is 192 Å². The standard InChI is InChI=1S/C25H26N4O4/c1-17(30)26-21-10-8-19(9-11-21)24-27-25(33-28-24)20-4-3-15-29(16-20)23(31)14-7-18-5-12-22(32-2)13-6-18/h5-14,20H,3-4,15-16H2,1-2H3,(H,26,30)/b14-7+/t20-/m0/s1. The first-order valence-electron chi connectivity index (χ1n) is 10.8. The van der Waals surface area contributed by atoms with Crippen LogP contribution in [0.5, 0.6) is 5.75 Å². The molecule has 2 amide bonds. The highest BCUT2D eigenvalue weighted by Crippen LogP contribution is 2.28. The molecule has 1 saturated heterocycles. The molecule has 1 N–H and O–H groups in total. The zero-order valence-electron chi connectivity index (χ0n) is 18.7. The van der Waals surface area contributed by atoms with Crippen molar-refractivity contribution in [1.29, 1.82) is 0 Å². The van der Waals surface area contributed by atoms with Gasteiger partial charge in [0.25, 0.3) is 0 Å². The Kier molecular flexibility index (Phi) is 6.83. The van der Waals surface area contributed by atoms with Crippen molar-refractivity contribution in [3.05, 3.63) is 66.1 Å². The molecule has 1 aliphatic rings. The van der Waals surface area contributed by atoms with E-state index in [1.165, 1.54) is 6.92 Å². The minimum absolute atomic E-state index is 0.00279. The van der Waals surface area contributed by atoms with Crippen molar-refractivity contribution in [2.45, 2.75) is 25.7 Å². The number of carbonyl (C=O) groups excluding carboxylic acids is 2. The van der Waals surface area contributed by atoms with Gasteiger partial charge in [0.05, 0.1) is 13.0 Å². The van der Waals surface area contributed by atoms with Crippen molar-refractivity contribution in [2.75, 3.05) is 25.5 Å². The van der Waals surface area contributed by atoms with E-state index in [2.05, 4.69) is 15.5 Å². The van der Waals surface area contributed by atoms with Crippen molar-refractivity contribution >= 4 is 23.6 Å². The number of amides is 2. The molecule has 1 atom stereocenters. The Morgan fingerprint density at radius 2 is 1.91 bits per heavy atom. The van der Waals surface area contributed by atoms with E-state index < -0.39 is 0 Å². The number of piperidine rings is 1. The van der Waals surface area contributed by atoms with Gasteiger partial charge in [-0.1, -0.05) is 17.3 Å². The maximum Gasteiger partial charge on any atom is 0.246 e. The van der Waals surface area contributed by atoms with Crippen LogP contribution in [0.2, 0.25) is 0 Å². The predicted molar refractivity (Wildman–Crippen MR) is 125 cm³/mol. The fourth-order valence-electron chi connectivity index (χ4n) is 3.79. The summed E-state index contributed by atoms with van der Waals surface area (Å²) in [4.78, 5) is 30.3. The van der Waals surface area contributed by atoms with E-state index in [1.54, 1.807) is 31.4 Å². The lowest BCUT2D eigenvalue weighted by atomic mass is 9.98. The summed E-state index contributed by atoms with van der Waals surface area (Å²) in [5.41, 5.74) is 2.44. The van der Waals surface area contributed by atoms with Crippen molar-refractivity contribution in [3.8, 4) is 17.1 Å². The van der Waals surface area contributed by atoms with Crippen LogP contribution in [-0.4, -0.2) is 47.1 Å². The van der Waals surface area contributed by atoms with Gasteiger partial charge in [0, 0.05) is 37.3 Å². The second-order valence-corrected chi connectivity index (χ2v) is 7.94. The predicted octanol–water partition coefficient (Wildman–Crippen LogP) is 4.12. The van der Waals surface area contributed by atoms with Crippen molar-refractivity contribution in [3.63, 3.8) is 0 Å². The number of anilines is 1. The summed E-state index contributed by atoms with van der Waals surface area (Å²) in [6, 6.07) is 14.8. The quantitative estimate of drug-likeness (QED) is 0.572. The van der Waals surface area contributed by atoms with Crippen LogP contribution in [0.1, 0.15) is 37.1 Å². The number of carbonyl (C=O) groups is 2. The zero-order chi connectivity index (χ0) is 23.2. The maximum absolute atomic E-state index is 12.7. The van der Waals surface area contributed by atoms with Crippen LogP contribution in [-0.2, 0) is 9.59 Å². The Balaban J connectivity index is 1.39. The van der Waals surface area contributed by atoms with Gasteiger partial charge >= 0.3 is 0 Å². The molecule has 1 aliphatic heterocycles. The Morgan fingerprint density at radius 1 is 1.15 bits per heavy atom. The molecule has 2 aromatic carbocycles. The Morgan fingerprint density at radius 3 is 2.61 bits per heavy atom. The lowest BCUT2D eigenvalue weighted by molar-refractivity contribution is -0.127. The molecule has 0 spiro atoms. The molecule has 170 valence electrons. The van der Waals surface area contributed by atoms with E-state index in [4.69, 9.17) is 9.26 Å². The van der Waals surface area contributed by atoms with Crippen molar-refractivity contribution < 1.29 is 18.8 Å². The highest BCUT2D eigenvalue weighted by molar-refractivity contribution is 5.92. The van der Waals surface area contributed by atoms with Crippen LogP contribution < -0.4 is 10.1 Å². The molecule has 8 nitrogen and oxygen atoms in total.